The van der Waals surface area contributed by atoms with Crippen LogP contribution in [0.25, 0.3) is 0 Å². The van der Waals surface area contributed by atoms with Gasteiger partial charge in [0.2, 0.25) is 6.04 Å². The van der Waals surface area contributed by atoms with E-state index in [1.54, 1.807) is 0 Å². The van der Waals surface area contributed by atoms with Gasteiger partial charge in [0.25, 0.3) is 0 Å². The maximum absolute atomic E-state index is 11.1. The summed E-state index contributed by atoms with van der Waals surface area (Å²) in [5.41, 5.74) is 0. The molecule has 0 bridgehead atoms. The molecule has 0 aromatic carbocycles. The van der Waals surface area contributed by atoms with Gasteiger partial charge in [0.05, 0.1) is 0 Å². The summed E-state index contributed by atoms with van der Waals surface area (Å²) in [6.45, 7) is 4.43. The number of rotatable bonds is 16. The second-order valence-electron chi connectivity index (χ2n) is 6.41. The molecule has 21 heavy (non-hydrogen) atoms. The van der Waals surface area contributed by atoms with Crippen LogP contribution >= 0.6 is 0 Å². The van der Waals surface area contributed by atoms with Crippen molar-refractivity contribution < 1.29 is 4.92 Å². The van der Waals surface area contributed by atoms with Crippen molar-refractivity contribution in [1.82, 2.24) is 0 Å². The minimum atomic E-state index is -0.285. The van der Waals surface area contributed by atoms with Gasteiger partial charge in [-0.1, -0.05) is 84.5 Å². The molecule has 0 aromatic heterocycles. The van der Waals surface area contributed by atoms with Crippen LogP contribution in [0, 0.1) is 10.1 Å². The minimum absolute atomic E-state index is 0.0406. The van der Waals surface area contributed by atoms with Crippen LogP contribution in [-0.2, 0) is 0 Å². The fraction of sp³-hybridized carbons (Fsp3) is 1.00. The van der Waals surface area contributed by atoms with Crippen LogP contribution in [0.3, 0.4) is 0 Å². The predicted octanol–water partition coefficient (Wildman–Crippen LogP) is 6.52. The first-order valence-electron chi connectivity index (χ1n) is 9.35. The van der Waals surface area contributed by atoms with Crippen LogP contribution in [0.5, 0.6) is 0 Å². The Kier molecular flexibility index (Phi) is 15.3. The Balaban J connectivity index is 3.50. The summed E-state index contributed by atoms with van der Waals surface area (Å²) in [5.74, 6) is 0. The van der Waals surface area contributed by atoms with Crippen molar-refractivity contribution in [3.8, 4) is 0 Å². The largest absolute Gasteiger partial charge is 0.264 e. The molecular weight excluding hydrogens is 262 g/mol. The van der Waals surface area contributed by atoms with E-state index in [2.05, 4.69) is 13.8 Å². The molecule has 0 amide bonds. The molecule has 0 fully saturated rings. The molecule has 0 heterocycles. The molecule has 0 rings (SSSR count). The number of hydrogen-bond donors (Lipinski definition) is 0. The van der Waals surface area contributed by atoms with E-state index in [-0.39, 0.29) is 11.0 Å². The Morgan fingerprint density at radius 3 is 1.33 bits per heavy atom. The topological polar surface area (TPSA) is 43.1 Å². The van der Waals surface area contributed by atoms with Crippen LogP contribution in [0.2, 0.25) is 0 Å². The molecule has 0 aromatic rings. The van der Waals surface area contributed by atoms with Gasteiger partial charge in [-0.3, -0.25) is 10.1 Å². The van der Waals surface area contributed by atoms with Crippen molar-refractivity contribution in [2.45, 2.75) is 116 Å². The molecule has 3 heteroatoms. The van der Waals surface area contributed by atoms with Crippen LogP contribution in [-0.4, -0.2) is 11.0 Å². The summed E-state index contributed by atoms with van der Waals surface area (Å²) in [7, 11) is 0. The predicted molar refractivity (Wildman–Crippen MR) is 91.4 cm³/mol. The molecule has 0 saturated heterocycles. The minimum Gasteiger partial charge on any atom is -0.264 e. The lowest BCUT2D eigenvalue weighted by Gasteiger charge is -2.09. The van der Waals surface area contributed by atoms with E-state index in [0.717, 1.165) is 32.1 Å². The van der Waals surface area contributed by atoms with Gasteiger partial charge >= 0.3 is 0 Å². The van der Waals surface area contributed by atoms with Gasteiger partial charge < -0.3 is 0 Å². The van der Waals surface area contributed by atoms with Crippen molar-refractivity contribution in [3.63, 3.8) is 0 Å². The van der Waals surface area contributed by atoms with Crippen molar-refractivity contribution in [3.05, 3.63) is 10.1 Å². The van der Waals surface area contributed by atoms with Gasteiger partial charge in [-0.05, 0) is 12.8 Å². The molecule has 0 spiro atoms. The lowest BCUT2D eigenvalue weighted by atomic mass is 10.0. The molecule has 0 aliphatic rings. The zero-order valence-corrected chi connectivity index (χ0v) is 14.4. The SMILES string of the molecule is CCCCCCCCCCC(CCCCCCC)[N+](=O)[O-]. The van der Waals surface area contributed by atoms with Crippen molar-refractivity contribution in [2.75, 3.05) is 0 Å². The number of hydrogen-bond acceptors (Lipinski definition) is 2. The first-order valence-corrected chi connectivity index (χ1v) is 9.35. The third-order valence-electron chi connectivity index (χ3n) is 4.33. The first kappa shape index (κ1) is 20.4. The second kappa shape index (κ2) is 15.8. The Bertz CT molecular complexity index is 231. The quantitative estimate of drug-likeness (QED) is 0.185. The summed E-state index contributed by atoms with van der Waals surface area (Å²) < 4.78 is 0. The number of nitro groups is 1. The number of unbranched alkanes of at least 4 members (excludes halogenated alkanes) is 11. The average molecular weight is 299 g/mol. The summed E-state index contributed by atoms with van der Waals surface area (Å²) in [6, 6.07) is -0.285. The normalized spacial score (nSPS) is 12.5. The van der Waals surface area contributed by atoms with Crippen LogP contribution in [0.15, 0.2) is 0 Å². The summed E-state index contributed by atoms with van der Waals surface area (Å²) in [6.07, 6.45) is 17.6. The molecule has 1 atom stereocenters. The van der Waals surface area contributed by atoms with Crippen LogP contribution in [0.4, 0.5) is 0 Å². The zero-order valence-electron chi connectivity index (χ0n) is 14.4. The molecule has 0 radical (unpaired) electrons. The molecule has 0 N–H and O–H groups in total. The highest BCUT2D eigenvalue weighted by Gasteiger charge is 2.18. The van der Waals surface area contributed by atoms with Crippen LogP contribution < -0.4 is 0 Å². The maximum atomic E-state index is 11.1. The van der Waals surface area contributed by atoms with Gasteiger partial charge in [-0.2, -0.15) is 0 Å². The van der Waals surface area contributed by atoms with Crippen molar-refractivity contribution in [2.24, 2.45) is 0 Å². The standard InChI is InChI=1S/C18H37NO2/c1-3-5-7-9-10-11-13-15-17-18(19(20)21)16-14-12-8-6-4-2/h18H,3-17H2,1-2H3. The molecular formula is C18H37NO2. The van der Waals surface area contributed by atoms with Gasteiger partial charge in [-0.25, -0.2) is 0 Å². The molecule has 0 saturated carbocycles. The van der Waals surface area contributed by atoms with E-state index in [1.165, 1.54) is 64.2 Å². The lowest BCUT2D eigenvalue weighted by molar-refractivity contribution is -0.524. The molecule has 3 nitrogen and oxygen atoms in total. The van der Waals surface area contributed by atoms with E-state index >= 15 is 0 Å². The van der Waals surface area contributed by atoms with E-state index in [9.17, 15) is 10.1 Å². The fourth-order valence-electron chi connectivity index (χ4n) is 2.85. The Morgan fingerprint density at radius 1 is 0.667 bits per heavy atom. The highest BCUT2D eigenvalue weighted by Crippen LogP contribution is 2.16. The summed E-state index contributed by atoms with van der Waals surface area (Å²) in [5, 5.41) is 11.1. The monoisotopic (exact) mass is 299 g/mol. The van der Waals surface area contributed by atoms with E-state index in [4.69, 9.17) is 0 Å². The maximum Gasteiger partial charge on any atom is 0.213 e. The Morgan fingerprint density at radius 2 is 1.00 bits per heavy atom. The fourth-order valence-corrected chi connectivity index (χ4v) is 2.85. The van der Waals surface area contributed by atoms with E-state index < -0.39 is 0 Å². The smallest absolute Gasteiger partial charge is 0.213 e. The van der Waals surface area contributed by atoms with Gasteiger partial charge in [0, 0.05) is 17.8 Å². The zero-order chi connectivity index (χ0) is 15.8. The molecule has 0 aliphatic carbocycles. The number of nitrogens with zero attached hydrogens (tertiary/aromatic N) is 1. The van der Waals surface area contributed by atoms with Crippen molar-refractivity contribution >= 4 is 0 Å². The first-order chi connectivity index (χ1) is 10.2. The van der Waals surface area contributed by atoms with E-state index in [0.29, 0.717) is 0 Å². The third-order valence-corrected chi connectivity index (χ3v) is 4.33. The summed E-state index contributed by atoms with van der Waals surface area (Å²) in [4.78, 5) is 11.0. The van der Waals surface area contributed by atoms with Gasteiger partial charge in [-0.15, -0.1) is 0 Å². The molecule has 126 valence electrons. The van der Waals surface area contributed by atoms with Crippen molar-refractivity contribution in [1.29, 1.82) is 0 Å². The third kappa shape index (κ3) is 14.1. The van der Waals surface area contributed by atoms with E-state index in [1.807, 2.05) is 0 Å². The highest BCUT2D eigenvalue weighted by molar-refractivity contribution is 4.59. The molecule has 1 unspecified atom stereocenters. The van der Waals surface area contributed by atoms with Crippen LogP contribution in [0.1, 0.15) is 110 Å². The van der Waals surface area contributed by atoms with Gasteiger partial charge in [0.15, 0.2) is 0 Å². The summed E-state index contributed by atoms with van der Waals surface area (Å²) >= 11 is 0. The molecule has 0 aliphatic heterocycles. The lowest BCUT2D eigenvalue weighted by Crippen LogP contribution is -2.19. The Hall–Kier alpha value is -0.600. The van der Waals surface area contributed by atoms with Gasteiger partial charge in [0.1, 0.15) is 0 Å². The Labute approximate surface area is 132 Å². The highest BCUT2D eigenvalue weighted by atomic mass is 16.6. The second-order valence-corrected chi connectivity index (χ2v) is 6.41. The average Bonchev–Trinajstić information content (AvgIpc) is 2.47.